The average Bonchev–Trinajstić information content (AvgIpc) is 3.01. The van der Waals surface area contributed by atoms with Crippen molar-refractivity contribution in [2.24, 2.45) is 5.10 Å². The van der Waals surface area contributed by atoms with Crippen LogP contribution in [0.3, 0.4) is 0 Å². The van der Waals surface area contributed by atoms with E-state index in [1.165, 1.54) is 4.68 Å². The number of fused-ring (bicyclic) bond motifs is 2. The van der Waals surface area contributed by atoms with E-state index < -0.39 is 0 Å². The first-order chi connectivity index (χ1) is 14.5. The molecule has 30 heavy (non-hydrogen) atoms. The molecule has 9 heteroatoms. The number of nitrogens with one attached hydrogen (secondary N) is 1. The Kier molecular flexibility index (Phi) is 5.39. The largest absolute Gasteiger partial charge is 0.383 e. The summed E-state index contributed by atoms with van der Waals surface area (Å²) in [5.41, 5.74) is 9.25. The number of benzene rings is 2. The molecule has 3 N–H and O–H groups in total. The van der Waals surface area contributed by atoms with Crippen molar-refractivity contribution in [2.75, 3.05) is 12.3 Å². The van der Waals surface area contributed by atoms with Crippen molar-refractivity contribution in [3.8, 4) is 0 Å². The van der Waals surface area contributed by atoms with Gasteiger partial charge in [0.15, 0.2) is 5.65 Å². The number of nitrogens with zero attached hydrogens (tertiary/aromatic N) is 4. The number of para-hydroxylation sites is 2. The summed E-state index contributed by atoms with van der Waals surface area (Å²) in [6.07, 6.45) is 3.14. The van der Waals surface area contributed by atoms with Crippen LogP contribution in [-0.2, 0) is 0 Å². The number of amides is 1. The number of nitrogens with two attached hydrogens (primary N) is 1. The fraction of sp³-hybridized carbons (Fsp3) is 0.0476. The Bertz CT molecular complexity index is 1330. The number of nitrogen functional groups attached to an aromatic ring is 1. The molecule has 0 aliphatic heterocycles. The number of carbonyl (C=O) groups excluding carboxylic acids is 1. The third kappa shape index (κ3) is 3.60. The van der Waals surface area contributed by atoms with E-state index in [-0.39, 0.29) is 17.3 Å². The summed E-state index contributed by atoms with van der Waals surface area (Å²) < 4.78 is 1.39. The second kappa shape index (κ2) is 8.14. The molecule has 0 radical (unpaired) electrons. The summed E-state index contributed by atoms with van der Waals surface area (Å²) in [6, 6.07) is 12.5. The Hall–Kier alpha value is -3.42. The van der Waals surface area contributed by atoms with Crippen molar-refractivity contribution in [3.63, 3.8) is 0 Å². The van der Waals surface area contributed by atoms with Crippen LogP contribution in [0.1, 0.15) is 15.9 Å². The molecule has 0 saturated heterocycles. The zero-order valence-corrected chi connectivity index (χ0v) is 17.2. The van der Waals surface area contributed by atoms with Gasteiger partial charge in [0.25, 0.3) is 5.91 Å². The Morgan fingerprint density at radius 1 is 1.17 bits per heavy atom. The highest BCUT2D eigenvalue weighted by atomic mass is 35.5. The molecule has 0 atom stereocenters. The van der Waals surface area contributed by atoms with Crippen LogP contribution in [0, 0.1) is 0 Å². The summed E-state index contributed by atoms with van der Waals surface area (Å²) in [7, 11) is 0. The number of carbonyl (C=O) groups is 1. The van der Waals surface area contributed by atoms with E-state index in [1.54, 1.807) is 30.5 Å². The highest BCUT2D eigenvalue weighted by Gasteiger charge is 2.23. The lowest BCUT2D eigenvalue weighted by atomic mass is 10.2. The molecule has 1 amide bonds. The van der Waals surface area contributed by atoms with E-state index in [0.29, 0.717) is 44.4 Å². The van der Waals surface area contributed by atoms with Crippen molar-refractivity contribution in [3.05, 3.63) is 76.3 Å². The highest BCUT2D eigenvalue weighted by Crippen LogP contribution is 2.28. The maximum atomic E-state index is 12.7. The molecule has 150 valence electrons. The summed E-state index contributed by atoms with van der Waals surface area (Å²) in [5, 5.41) is 8.00. The first kappa shape index (κ1) is 19.9. The molecule has 2 aromatic heterocycles. The third-order valence-electron chi connectivity index (χ3n) is 4.37. The molecular weight excluding hydrogens is 423 g/mol. The van der Waals surface area contributed by atoms with Crippen LogP contribution in [0.4, 0.5) is 5.82 Å². The van der Waals surface area contributed by atoms with Crippen LogP contribution in [0.5, 0.6) is 0 Å². The number of rotatable bonds is 5. The standard InChI is InChI=1S/C21H16Cl2N6O/c1-2-9-25-21(30)17-18-20(28-16-6-4-3-5-15(16)27-18)29(19(17)24)26-11-12-7-8-13(22)14(23)10-12/h2-8,10-11H,1,9,24H2,(H,25,30). The van der Waals surface area contributed by atoms with Gasteiger partial charge in [-0.1, -0.05) is 47.5 Å². The normalized spacial score (nSPS) is 11.4. The molecule has 0 bridgehead atoms. The number of anilines is 1. The molecular formula is C21H16Cl2N6O. The summed E-state index contributed by atoms with van der Waals surface area (Å²) in [4.78, 5) is 22.0. The maximum absolute atomic E-state index is 12.7. The Morgan fingerprint density at radius 2 is 1.90 bits per heavy atom. The zero-order chi connectivity index (χ0) is 21.3. The number of hydrogen-bond donors (Lipinski definition) is 2. The van der Waals surface area contributed by atoms with Gasteiger partial charge in [-0.2, -0.15) is 9.78 Å². The van der Waals surface area contributed by atoms with Gasteiger partial charge < -0.3 is 11.1 Å². The predicted molar refractivity (Wildman–Crippen MR) is 121 cm³/mol. The lowest BCUT2D eigenvalue weighted by Gasteiger charge is -2.02. The van der Waals surface area contributed by atoms with Gasteiger partial charge >= 0.3 is 0 Å². The topological polar surface area (TPSA) is 98.2 Å². The van der Waals surface area contributed by atoms with Gasteiger partial charge in [0.05, 0.1) is 27.3 Å². The molecule has 0 spiro atoms. The molecule has 0 unspecified atom stereocenters. The Morgan fingerprint density at radius 3 is 2.60 bits per heavy atom. The van der Waals surface area contributed by atoms with E-state index in [4.69, 9.17) is 28.9 Å². The van der Waals surface area contributed by atoms with Crippen molar-refractivity contribution < 1.29 is 4.79 Å². The van der Waals surface area contributed by atoms with Gasteiger partial charge in [-0.25, -0.2) is 9.97 Å². The molecule has 7 nitrogen and oxygen atoms in total. The van der Waals surface area contributed by atoms with E-state index in [9.17, 15) is 4.79 Å². The molecule has 0 aliphatic carbocycles. The molecule has 2 aromatic carbocycles. The zero-order valence-electron chi connectivity index (χ0n) is 15.6. The second-order valence-corrected chi connectivity index (χ2v) is 7.19. The third-order valence-corrected chi connectivity index (χ3v) is 5.11. The van der Waals surface area contributed by atoms with Crippen LogP contribution in [0.15, 0.2) is 60.2 Å². The lowest BCUT2D eigenvalue weighted by Crippen LogP contribution is -2.24. The van der Waals surface area contributed by atoms with Gasteiger partial charge in [-0.3, -0.25) is 4.79 Å². The minimum atomic E-state index is -0.384. The predicted octanol–water partition coefficient (Wildman–Crippen LogP) is 4.27. The summed E-state index contributed by atoms with van der Waals surface area (Å²) in [6.45, 7) is 3.90. The Balaban J connectivity index is 1.91. The van der Waals surface area contributed by atoms with Crippen molar-refractivity contribution in [1.82, 2.24) is 20.0 Å². The summed E-state index contributed by atoms with van der Waals surface area (Å²) in [5.74, 6) is -0.261. The molecule has 4 rings (SSSR count). The van der Waals surface area contributed by atoms with E-state index in [0.717, 1.165) is 0 Å². The molecule has 2 heterocycles. The number of halogens is 2. The monoisotopic (exact) mass is 438 g/mol. The van der Waals surface area contributed by atoms with E-state index in [1.807, 2.05) is 24.3 Å². The van der Waals surface area contributed by atoms with E-state index >= 15 is 0 Å². The van der Waals surface area contributed by atoms with Gasteiger partial charge in [-0.15, -0.1) is 6.58 Å². The van der Waals surface area contributed by atoms with Gasteiger partial charge in [0.2, 0.25) is 0 Å². The van der Waals surface area contributed by atoms with Crippen LogP contribution in [0.2, 0.25) is 10.0 Å². The minimum Gasteiger partial charge on any atom is -0.383 e. The Labute approximate surface area is 181 Å². The lowest BCUT2D eigenvalue weighted by molar-refractivity contribution is 0.0960. The average molecular weight is 439 g/mol. The highest BCUT2D eigenvalue weighted by molar-refractivity contribution is 6.42. The maximum Gasteiger partial charge on any atom is 0.257 e. The van der Waals surface area contributed by atoms with E-state index in [2.05, 4.69) is 27.0 Å². The fourth-order valence-corrected chi connectivity index (χ4v) is 3.27. The first-order valence-electron chi connectivity index (χ1n) is 8.94. The van der Waals surface area contributed by atoms with Crippen LogP contribution >= 0.6 is 23.2 Å². The minimum absolute atomic E-state index is 0.123. The van der Waals surface area contributed by atoms with Crippen molar-refractivity contribution in [2.45, 2.75) is 0 Å². The quantitative estimate of drug-likeness (QED) is 0.358. The first-order valence-corrected chi connectivity index (χ1v) is 9.70. The molecule has 0 saturated carbocycles. The second-order valence-electron chi connectivity index (χ2n) is 6.37. The van der Waals surface area contributed by atoms with Crippen molar-refractivity contribution >= 4 is 63.3 Å². The van der Waals surface area contributed by atoms with Gasteiger partial charge in [0, 0.05) is 6.54 Å². The van der Waals surface area contributed by atoms with Gasteiger partial charge in [-0.05, 0) is 29.8 Å². The number of aromatic nitrogens is 3. The molecule has 0 fully saturated rings. The SMILES string of the molecule is C=CCNC(=O)c1c(N)n(N=Cc2ccc(Cl)c(Cl)c2)c2nc3ccccc3nc12. The molecule has 4 aromatic rings. The fourth-order valence-electron chi connectivity index (χ4n) is 2.96. The molecule has 0 aliphatic rings. The summed E-state index contributed by atoms with van der Waals surface area (Å²) >= 11 is 12.0. The van der Waals surface area contributed by atoms with Crippen molar-refractivity contribution in [1.29, 1.82) is 0 Å². The van der Waals surface area contributed by atoms with Crippen LogP contribution < -0.4 is 11.1 Å². The van der Waals surface area contributed by atoms with Crippen LogP contribution in [0.25, 0.3) is 22.2 Å². The van der Waals surface area contributed by atoms with Gasteiger partial charge in [0.1, 0.15) is 16.9 Å². The smallest absolute Gasteiger partial charge is 0.257 e. The van der Waals surface area contributed by atoms with Crippen LogP contribution in [-0.4, -0.2) is 33.3 Å². The number of hydrogen-bond acceptors (Lipinski definition) is 5.